The molecule has 70 valence electrons. The van der Waals surface area contributed by atoms with Gasteiger partial charge in [0.25, 0.3) is 0 Å². The number of hydrogen-bond donors (Lipinski definition) is 1. The molecule has 1 N–H and O–H groups in total. The van der Waals surface area contributed by atoms with Crippen molar-refractivity contribution in [1.82, 2.24) is 5.32 Å². The van der Waals surface area contributed by atoms with Crippen LogP contribution in [-0.4, -0.2) is 18.9 Å². The number of nitrogens with one attached hydrogen (secondary N) is 1. The third-order valence-electron chi connectivity index (χ3n) is 3.25. The Morgan fingerprint density at radius 2 is 2.25 bits per heavy atom. The molecule has 2 nitrogen and oxygen atoms in total. The molecule has 1 saturated heterocycles. The Morgan fingerprint density at radius 3 is 3.00 bits per heavy atom. The largest absolute Gasteiger partial charge is 0.359 e. The smallest absolute Gasteiger partial charge is 0.119 e. The molecule has 2 rings (SSSR count). The van der Waals surface area contributed by atoms with E-state index in [-0.39, 0.29) is 5.72 Å². The maximum atomic E-state index is 5.80. The Morgan fingerprint density at radius 1 is 1.33 bits per heavy atom. The van der Waals surface area contributed by atoms with Crippen molar-refractivity contribution in [3.8, 4) is 0 Å². The minimum absolute atomic E-state index is 0.0881. The summed E-state index contributed by atoms with van der Waals surface area (Å²) >= 11 is 0. The van der Waals surface area contributed by atoms with Gasteiger partial charge in [0.1, 0.15) is 5.72 Å². The van der Waals surface area contributed by atoms with Crippen LogP contribution in [0.2, 0.25) is 0 Å². The Bertz CT molecular complexity index is 152. The highest BCUT2D eigenvalue weighted by molar-refractivity contribution is 4.85. The minimum Gasteiger partial charge on any atom is -0.359 e. The SMILES string of the molecule is CC1CCCC2(CC1)NCCO2. The molecule has 0 aromatic carbocycles. The summed E-state index contributed by atoms with van der Waals surface area (Å²) in [5, 5.41) is 3.51. The van der Waals surface area contributed by atoms with Crippen LogP contribution in [0.4, 0.5) is 0 Å². The molecule has 1 aliphatic heterocycles. The molecule has 0 aromatic heterocycles. The van der Waals surface area contributed by atoms with E-state index in [0.29, 0.717) is 0 Å². The van der Waals surface area contributed by atoms with Gasteiger partial charge in [0.05, 0.1) is 6.61 Å². The van der Waals surface area contributed by atoms with Gasteiger partial charge in [0, 0.05) is 6.54 Å². The Hall–Kier alpha value is -0.0800. The highest BCUT2D eigenvalue weighted by Gasteiger charge is 2.35. The highest BCUT2D eigenvalue weighted by atomic mass is 16.5. The fourth-order valence-electron chi connectivity index (χ4n) is 2.38. The first-order chi connectivity index (χ1) is 5.81. The molecular weight excluding hydrogens is 150 g/mol. The van der Waals surface area contributed by atoms with Crippen LogP contribution in [-0.2, 0) is 4.74 Å². The van der Waals surface area contributed by atoms with Crippen LogP contribution in [0.3, 0.4) is 0 Å². The van der Waals surface area contributed by atoms with Gasteiger partial charge >= 0.3 is 0 Å². The van der Waals surface area contributed by atoms with Crippen LogP contribution in [0.15, 0.2) is 0 Å². The molecule has 0 radical (unpaired) electrons. The normalized spacial score (nSPS) is 43.2. The molecule has 2 atom stereocenters. The van der Waals surface area contributed by atoms with Crippen molar-refractivity contribution in [1.29, 1.82) is 0 Å². The van der Waals surface area contributed by atoms with E-state index >= 15 is 0 Å². The second-order valence-electron chi connectivity index (χ2n) is 4.31. The molecule has 0 aromatic rings. The van der Waals surface area contributed by atoms with Crippen LogP contribution in [0.1, 0.15) is 39.0 Å². The Balaban J connectivity index is 1.97. The molecule has 12 heavy (non-hydrogen) atoms. The molecule has 2 aliphatic rings. The summed E-state index contributed by atoms with van der Waals surface area (Å²) in [5.74, 6) is 0.898. The van der Waals surface area contributed by atoms with E-state index in [1.165, 1.54) is 32.1 Å². The van der Waals surface area contributed by atoms with Crippen LogP contribution >= 0.6 is 0 Å². The van der Waals surface area contributed by atoms with E-state index in [9.17, 15) is 0 Å². The average molecular weight is 169 g/mol. The van der Waals surface area contributed by atoms with E-state index in [1.807, 2.05) is 0 Å². The van der Waals surface area contributed by atoms with E-state index in [2.05, 4.69) is 12.2 Å². The van der Waals surface area contributed by atoms with Gasteiger partial charge in [-0.2, -0.15) is 0 Å². The lowest BCUT2D eigenvalue weighted by molar-refractivity contribution is -0.0226. The third-order valence-corrected chi connectivity index (χ3v) is 3.25. The summed E-state index contributed by atoms with van der Waals surface area (Å²) in [5.41, 5.74) is 0.0881. The molecule has 2 heteroatoms. The monoisotopic (exact) mass is 169 g/mol. The molecule has 1 aliphatic carbocycles. The molecule has 0 amide bonds. The van der Waals surface area contributed by atoms with Gasteiger partial charge < -0.3 is 4.74 Å². The first-order valence-electron chi connectivity index (χ1n) is 5.20. The molecule has 1 heterocycles. The first-order valence-corrected chi connectivity index (χ1v) is 5.20. The van der Waals surface area contributed by atoms with Crippen molar-refractivity contribution in [2.24, 2.45) is 5.92 Å². The van der Waals surface area contributed by atoms with Gasteiger partial charge in [-0.1, -0.05) is 13.3 Å². The number of hydrogen-bond acceptors (Lipinski definition) is 2. The second kappa shape index (κ2) is 3.35. The van der Waals surface area contributed by atoms with Crippen molar-refractivity contribution in [2.75, 3.05) is 13.2 Å². The maximum Gasteiger partial charge on any atom is 0.119 e. The van der Waals surface area contributed by atoms with Crippen LogP contribution < -0.4 is 5.32 Å². The van der Waals surface area contributed by atoms with Crippen molar-refractivity contribution in [2.45, 2.75) is 44.8 Å². The number of rotatable bonds is 0. The Labute approximate surface area is 74.7 Å². The van der Waals surface area contributed by atoms with Gasteiger partial charge in [0.15, 0.2) is 0 Å². The zero-order valence-corrected chi connectivity index (χ0v) is 7.94. The summed E-state index contributed by atoms with van der Waals surface area (Å²) in [6.45, 7) is 4.32. The topological polar surface area (TPSA) is 21.3 Å². The van der Waals surface area contributed by atoms with Crippen LogP contribution in [0, 0.1) is 5.92 Å². The summed E-state index contributed by atoms with van der Waals surface area (Å²) in [4.78, 5) is 0. The van der Waals surface area contributed by atoms with Crippen LogP contribution in [0.5, 0.6) is 0 Å². The zero-order chi connectivity index (χ0) is 8.44. The van der Waals surface area contributed by atoms with Gasteiger partial charge in [0.2, 0.25) is 0 Å². The standard InChI is InChI=1S/C10H19NO/c1-9-3-2-5-10(6-4-9)11-7-8-12-10/h9,11H,2-8H2,1H3. The summed E-state index contributed by atoms with van der Waals surface area (Å²) < 4.78 is 5.80. The molecule has 2 fully saturated rings. The van der Waals surface area contributed by atoms with Gasteiger partial charge in [-0.15, -0.1) is 0 Å². The minimum atomic E-state index is 0.0881. The zero-order valence-electron chi connectivity index (χ0n) is 7.94. The lowest BCUT2D eigenvalue weighted by Gasteiger charge is -2.26. The predicted molar refractivity (Wildman–Crippen MR) is 48.9 cm³/mol. The fraction of sp³-hybridized carbons (Fsp3) is 1.00. The van der Waals surface area contributed by atoms with Gasteiger partial charge in [-0.05, 0) is 31.6 Å². The lowest BCUT2D eigenvalue weighted by atomic mass is 10.0. The van der Waals surface area contributed by atoms with Gasteiger partial charge in [-0.3, -0.25) is 5.32 Å². The van der Waals surface area contributed by atoms with Crippen LogP contribution in [0.25, 0.3) is 0 Å². The average Bonchev–Trinajstić information content (AvgIpc) is 2.42. The summed E-state index contributed by atoms with van der Waals surface area (Å²) in [6, 6.07) is 0. The summed E-state index contributed by atoms with van der Waals surface area (Å²) in [6.07, 6.45) is 6.47. The van der Waals surface area contributed by atoms with Crippen molar-refractivity contribution in [3.63, 3.8) is 0 Å². The number of ether oxygens (including phenoxy) is 1. The quantitative estimate of drug-likeness (QED) is 0.598. The van der Waals surface area contributed by atoms with Crippen molar-refractivity contribution in [3.05, 3.63) is 0 Å². The van der Waals surface area contributed by atoms with E-state index < -0.39 is 0 Å². The molecule has 1 spiro atoms. The second-order valence-corrected chi connectivity index (χ2v) is 4.31. The summed E-state index contributed by atoms with van der Waals surface area (Å²) in [7, 11) is 0. The predicted octanol–water partition coefficient (Wildman–Crippen LogP) is 1.90. The van der Waals surface area contributed by atoms with E-state index in [0.717, 1.165) is 19.1 Å². The van der Waals surface area contributed by atoms with Crippen molar-refractivity contribution >= 4 is 0 Å². The van der Waals surface area contributed by atoms with Gasteiger partial charge in [-0.25, -0.2) is 0 Å². The highest BCUT2D eigenvalue weighted by Crippen LogP contribution is 2.32. The van der Waals surface area contributed by atoms with E-state index in [1.54, 1.807) is 0 Å². The maximum absolute atomic E-state index is 5.80. The first kappa shape index (κ1) is 8.52. The Kier molecular flexibility index (Phi) is 2.37. The molecule has 0 bridgehead atoms. The van der Waals surface area contributed by atoms with Crippen molar-refractivity contribution < 1.29 is 4.74 Å². The molecule has 2 unspecified atom stereocenters. The molecule has 1 saturated carbocycles. The van der Waals surface area contributed by atoms with E-state index in [4.69, 9.17) is 4.74 Å². The fourth-order valence-corrected chi connectivity index (χ4v) is 2.38. The lowest BCUT2D eigenvalue weighted by Crippen LogP contribution is -2.40. The third kappa shape index (κ3) is 1.64. The molecular formula is C10H19NO.